The van der Waals surface area contributed by atoms with Crippen LogP contribution in [0, 0.1) is 13.8 Å². The Balaban J connectivity index is 0.000000330. The third-order valence-corrected chi connectivity index (χ3v) is 40.0. The maximum Gasteiger partial charge on any atom is 2.00 e. The fourth-order valence-corrected chi connectivity index (χ4v) is 18.1. The van der Waals surface area contributed by atoms with Gasteiger partial charge < -0.3 is 124 Å². The number of unbranched alkanes of at least 4 members (excludes halogenated alkanes) is 2. The molecule has 6 N–H and O–H groups in total. The van der Waals surface area contributed by atoms with Crippen LogP contribution >= 0.6 is 0 Å². The number of aliphatic hydroxyl groups excluding tert-OH is 6. The maximum absolute atomic E-state index is 13.2. The Bertz CT molecular complexity index is 4010. The summed E-state index contributed by atoms with van der Waals surface area (Å²) in [7, 11) is -3.70. The molecule has 8 aliphatic rings. The van der Waals surface area contributed by atoms with Crippen molar-refractivity contribution in [2.75, 3.05) is 46.6 Å². The van der Waals surface area contributed by atoms with E-state index in [9.17, 15) is 49.5 Å². The van der Waals surface area contributed by atoms with Crippen molar-refractivity contribution in [3.8, 4) is 0 Å². The standard InChI is InChI=1S/C24H40N2O6.C19H32O4Si.C13H14O4.C12H14O3.C10H12O4.2C10H23OSi.C4H8O2.Zn/c1-7-16(26-14-18-20(22(26)28)32-24(10-4,11-5)30-18)12-15(6)25-13-17-19(21(25)27)31-23(8-2,9-3)29-17;1-18(2,3)24(6,7)21-13-15(20)17-16(22-19(4,5)23-17)14-11-9-8-10-12-14;14-11-8-4-7-10(17-11)13(16)12(15)9-5-2-1-3-6-9;1-12(2)14-10(8-13)11(15-12)9-6-4-3-5-7-9;1-14-10(13)9(12)8(11)7-5-3-2-4-6-7;2*1-7-8-9-11-12(5,6)10(2,3)4;5-4-2-1-3-6-4;/h15-20H,7-14H2,1-6H3;8-12,15-17,20H,13H2,1-7H3;1-6,8,10,12-13,15-16H,7H2;3-8,10-11H,1-2H3;2-6,8-9,11-12H,1H3;2*1,7-9H2,2-6H3;4-5H,1-3H2;/q;;;;;2*-1;;+2/t15-,16+,17-,18-,19-,20-;15-,16-,17+;10-,12-,13+;10-,11+;8-,9-;;;;/m01101..../s1. The molecule has 0 aliphatic carbocycles. The van der Waals surface area contributed by atoms with Crippen molar-refractivity contribution in [1.82, 2.24) is 9.80 Å². The Morgan fingerprint density at radius 2 is 0.977 bits per heavy atom. The molecule has 12 rings (SSSR count). The first kappa shape index (κ1) is 120. The number of cyclic esters (lactones) is 1. The van der Waals surface area contributed by atoms with E-state index in [-0.39, 0.29) is 79.4 Å². The molecule has 0 spiro atoms. The van der Waals surface area contributed by atoms with E-state index in [0.717, 1.165) is 115 Å². The third-order valence-electron chi connectivity index (χ3n) is 26.4. The number of carbonyl (C=O) groups is 5. The molecule has 748 valence electrons. The molecular weight excluding hydrogens is 1800 g/mol. The number of benzene rings is 4. The second-order valence-electron chi connectivity index (χ2n) is 40.3. The van der Waals surface area contributed by atoms with Crippen LogP contribution in [-0.4, -0.2) is 245 Å². The molecule has 1 unspecified atom stereocenters. The van der Waals surface area contributed by atoms with Crippen molar-refractivity contribution in [1.29, 1.82) is 0 Å². The van der Waals surface area contributed by atoms with Gasteiger partial charge in [0, 0.05) is 50.8 Å². The molecule has 0 saturated carbocycles. The number of fused-ring (bicyclic) bond motifs is 2. The molecule has 0 bridgehead atoms. The van der Waals surface area contributed by atoms with Gasteiger partial charge in [-0.2, -0.15) is 12.8 Å². The van der Waals surface area contributed by atoms with Gasteiger partial charge in [-0.15, -0.1) is 0 Å². The number of aldehydes is 1. The zero-order chi connectivity index (χ0) is 99.2. The topological polar surface area (TPSA) is 342 Å². The summed E-state index contributed by atoms with van der Waals surface area (Å²) in [5.41, 5.74) is 3.07. The number of amides is 2. The molecule has 4 aromatic rings. The second-order valence-corrected chi connectivity index (χ2v) is 54.7. The van der Waals surface area contributed by atoms with Crippen molar-refractivity contribution in [3.63, 3.8) is 0 Å². The first-order chi connectivity index (χ1) is 61.7. The molecule has 8 aliphatic heterocycles. The van der Waals surface area contributed by atoms with Gasteiger partial charge in [-0.25, -0.2) is 9.59 Å². The van der Waals surface area contributed by atoms with Crippen molar-refractivity contribution >= 4 is 55.0 Å². The van der Waals surface area contributed by atoms with Crippen LogP contribution < -0.4 is 0 Å². The molecule has 31 heteroatoms. The maximum atomic E-state index is 13.2. The summed E-state index contributed by atoms with van der Waals surface area (Å²) in [5, 5.41) is 58.8. The zero-order valence-electron chi connectivity index (χ0n) is 85.0. The largest absolute Gasteiger partial charge is 2.00 e. The number of hydrogen-bond donors (Lipinski definition) is 6. The number of methoxy groups -OCH3 is 1. The molecule has 27 nitrogen and oxygen atoms in total. The van der Waals surface area contributed by atoms with E-state index in [4.69, 9.17) is 65.8 Å². The summed E-state index contributed by atoms with van der Waals surface area (Å²) < 4.78 is 79.8. The smallest absolute Gasteiger partial charge is 0.467 e. The molecule has 0 radical (unpaired) electrons. The van der Waals surface area contributed by atoms with E-state index >= 15 is 0 Å². The number of aliphatic hydroxyl groups is 6. The predicted octanol–water partition coefficient (Wildman–Crippen LogP) is 17.7. The Labute approximate surface area is 811 Å². The quantitative estimate of drug-likeness (QED) is 0.00928. The molecule has 2 amide bonds. The van der Waals surface area contributed by atoms with E-state index in [0.29, 0.717) is 47.1 Å². The van der Waals surface area contributed by atoms with E-state index in [1.807, 2.05) is 132 Å². The number of carbonyl (C=O) groups excluding carboxylic acids is 5. The summed E-state index contributed by atoms with van der Waals surface area (Å²) >= 11 is 0. The molecule has 4 aromatic carbocycles. The Morgan fingerprint density at radius 1 is 0.564 bits per heavy atom. The van der Waals surface area contributed by atoms with E-state index < -0.39 is 127 Å². The summed E-state index contributed by atoms with van der Waals surface area (Å²) in [4.78, 5) is 62.9. The first-order valence-electron chi connectivity index (χ1n) is 47.5. The number of nitrogens with zero attached hydrogens (tertiary/aromatic N) is 2. The van der Waals surface area contributed by atoms with Gasteiger partial charge in [0.2, 0.25) is 0 Å². The van der Waals surface area contributed by atoms with Crippen LogP contribution in [0.2, 0.25) is 54.4 Å². The average molecular weight is 1970 g/mol. The zero-order valence-corrected chi connectivity index (χ0v) is 91.0. The van der Waals surface area contributed by atoms with Gasteiger partial charge in [-0.1, -0.05) is 237 Å². The number of likely N-dealkylation sites (tertiary alicyclic amines) is 2. The van der Waals surface area contributed by atoms with Gasteiger partial charge in [0.15, 0.2) is 79.0 Å². The van der Waals surface area contributed by atoms with Crippen molar-refractivity contribution in [2.24, 2.45) is 0 Å². The van der Waals surface area contributed by atoms with E-state index in [1.165, 1.54) is 6.08 Å². The average Bonchev–Trinajstić information content (AvgIpc) is 1.60. The van der Waals surface area contributed by atoms with Crippen LogP contribution in [0.3, 0.4) is 0 Å². The number of esters is 2. The SMILES string of the molecule is CC1(C)O[C@@H](C=O)[C@@H](c2ccccc2)O1.CC1(C)O[C@@H]([C@H](O)CO[Si](C)(C)C(C)(C)C)[C@@H](c2ccccc2)O1.CC[C@H](C[C@H](C)N1C[C@@H]2OC(CC)(CC)O[C@@H]2C1=O)N1C[C@@H]2OC(CC)(CC)O[C@@H]2C1=O.COC(=O)[C@H](O)[C@H](O)c1ccccc1.O=C1C=CC[C@H]([C@H](O)[C@H](O)c2ccccc2)O1.OC1CCCO1.[CH2-]CCCO[Si](C)(C)C(C)(C)C.[CH2-]CCCO[Si](C)(C)C(C)(C)C.[Zn+2]. The summed E-state index contributed by atoms with van der Waals surface area (Å²) in [5.74, 6) is -3.97. The summed E-state index contributed by atoms with van der Waals surface area (Å²) in [6.07, 6.45) is 4.80. The van der Waals surface area contributed by atoms with Crippen molar-refractivity contribution in [2.45, 2.75) is 396 Å². The van der Waals surface area contributed by atoms with Crippen LogP contribution in [0.5, 0.6) is 0 Å². The molecular formula is C102H166N2O25Si3Zn. The minimum Gasteiger partial charge on any atom is -0.467 e. The van der Waals surface area contributed by atoms with Gasteiger partial charge in [0.1, 0.15) is 67.1 Å². The second kappa shape index (κ2) is 54.5. The van der Waals surface area contributed by atoms with Crippen LogP contribution in [0.1, 0.15) is 262 Å². The molecule has 133 heavy (non-hydrogen) atoms. The minimum absolute atomic E-state index is 0. The third kappa shape index (κ3) is 35.8. The van der Waals surface area contributed by atoms with Crippen LogP contribution in [0.4, 0.5) is 0 Å². The molecule has 7 saturated heterocycles. The predicted molar refractivity (Wildman–Crippen MR) is 519 cm³/mol. The van der Waals surface area contributed by atoms with Crippen LogP contribution in [-0.2, 0) is 109 Å². The van der Waals surface area contributed by atoms with Crippen molar-refractivity contribution in [3.05, 3.63) is 170 Å². The normalized spacial score (nSPS) is 24.7. The van der Waals surface area contributed by atoms with Gasteiger partial charge in [-0.05, 0) is 156 Å². The molecule has 17 atom stereocenters. The van der Waals surface area contributed by atoms with E-state index in [2.05, 4.69) is 134 Å². The summed E-state index contributed by atoms with van der Waals surface area (Å²) in [6, 6.07) is 36.8. The van der Waals surface area contributed by atoms with Crippen LogP contribution in [0.25, 0.3) is 0 Å². The fourth-order valence-electron chi connectivity index (χ4n) is 14.9. The Kier molecular flexibility index (Phi) is 49.2. The molecule has 0 aromatic heterocycles. The van der Waals surface area contributed by atoms with Gasteiger partial charge in [0.25, 0.3) is 11.8 Å². The van der Waals surface area contributed by atoms with Gasteiger partial charge >= 0.3 is 31.4 Å². The monoisotopic (exact) mass is 1970 g/mol. The van der Waals surface area contributed by atoms with Crippen molar-refractivity contribution < 1.29 is 139 Å². The van der Waals surface area contributed by atoms with Gasteiger partial charge in [-0.3, -0.25) is 9.59 Å². The molecule has 8 heterocycles. The number of hydrogen-bond acceptors (Lipinski definition) is 25. The molecule has 7 fully saturated rings. The summed E-state index contributed by atoms with van der Waals surface area (Å²) in [6.45, 7) is 64.8. The first-order valence-corrected chi connectivity index (χ1v) is 56.2. The van der Waals surface area contributed by atoms with Gasteiger partial charge in [0.05, 0.1) is 26.8 Å². The van der Waals surface area contributed by atoms with E-state index in [1.54, 1.807) is 60.7 Å². The fraction of sp³-hybridized carbons (Fsp3) is 0.676. The Hall–Kier alpha value is -5.28. The van der Waals surface area contributed by atoms with Crippen LogP contribution in [0.15, 0.2) is 133 Å². The number of rotatable bonds is 30. The minimum atomic E-state index is -1.91. The number of ether oxygens (including phenoxy) is 11. The Morgan fingerprint density at radius 3 is 1.36 bits per heavy atom.